The van der Waals surface area contributed by atoms with Gasteiger partial charge in [0.05, 0.1) is 23.5 Å². The molecule has 2 N–H and O–H groups in total. The lowest BCUT2D eigenvalue weighted by molar-refractivity contribution is -0.148. The van der Waals surface area contributed by atoms with Gasteiger partial charge in [-0.2, -0.15) is 17.6 Å². The van der Waals surface area contributed by atoms with Crippen molar-refractivity contribution >= 4 is 18.3 Å². The first kappa shape index (κ1) is 27.4. The van der Waals surface area contributed by atoms with Crippen molar-refractivity contribution in [2.24, 2.45) is 5.73 Å². The van der Waals surface area contributed by atoms with Crippen molar-refractivity contribution < 1.29 is 35.5 Å². The lowest BCUT2D eigenvalue weighted by Gasteiger charge is -2.30. The minimum absolute atomic E-state index is 0. The second-order valence-corrected chi connectivity index (χ2v) is 8.06. The number of alkyl halides is 3. The lowest BCUT2D eigenvalue weighted by Crippen LogP contribution is -2.42. The maximum atomic E-state index is 14.3. The maximum absolute atomic E-state index is 14.3. The number of aromatic nitrogens is 3. The van der Waals surface area contributed by atoms with E-state index in [0.29, 0.717) is 12.1 Å². The summed E-state index contributed by atoms with van der Waals surface area (Å²) in [7, 11) is 0. The number of hydrogen-bond donors (Lipinski definition) is 1. The first-order valence-electron chi connectivity index (χ1n) is 10.4. The Morgan fingerprint density at radius 2 is 1.78 bits per heavy atom. The molecule has 0 spiro atoms. The Labute approximate surface area is 206 Å². The Morgan fingerprint density at radius 3 is 2.44 bits per heavy atom. The Balaban J connectivity index is 0.00000361. The predicted octanol–water partition coefficient (Wildman–Crippen LogP) is 4.24. The summed E-state index contributed by atoms with van der Waals surface area (Å²) in [4.78, 5) is 21.1. The molecule has 194 valence electrons. The van der Waals surface area contributed by atoms with Crippen LogP contribution in [-0.2, 0) is 30.5 Å². The normalized spacial score (nSPS) is 14.3. The van der Waals surface area contributed by atoms with Crippen molar-refractivity contribution in [2.45, 2.75) is 38.1 Å². The van der Waals surface area contributed by atoms with E-state index in [-0.39, 0.29) is 67.4 Å². The summed E-state index contributed by atoms with van der Waals surface area (Å²) >= 11 is 0. The van der Waals surface area contributed by atoms with Gasteiger partial charge in [-0.3, -0.25) is 4.79 Å². The third-order valence-electron chi connectivity index (χ3n) is 5.64. The Bertz CT molecular complexity index is 1280. The molecule has 0 radical (unpaired) electrons. The summed E-state index contributed by atoms with van der Waals surface area (Å²) in [6, 6.07) is 2.64. The van der Waals surface area contributed by atoms with Crippen molar-refractivity contribution in [2.75, 3.05) is 6.54 Å². The van der Waals surface area contributed by atoms with Gasteiger partial charge in [0.1, 0.15) is 5.82 Å². The van der Waals surface area contributed by atoms with Crippen LogP contribution in [-0.4, -0.2) is 37.9 Å². The molecule has 1 unspecified atom stereocenters. The molecular weight excluding hydrogens is 519 g/mol. The van der Waals surface area contributed by atoms with Gasteiger partial charge in [-0.1, -0.05) is 0 Å². The number of fused-ring (bicyclic) bond motifs is 1. The van der Waals surface area contributed by atoms with Gasteiger partial charge in [0.2, 0.25) is 17.7 Å². The van der Waals surface area contributed by atoms with Crippen LogP contribution in [0.5, 0.6) is 0 Å². The molecule has 0 aliphatic carbocycles. The monoisotopic (exact) mass is 537 g/mol. The van der Waals surface area contributed by atoms with Crippen LogP contribution in [0.2, 0.25) is 0 Å². The number of nitrogens with two attached hydrogens (primary N) is 1. The van der Waals surface area contributed by atoms with E-state index in [1.807, 2.05) is 0 Å². The minimum atomic E-state index is -4.81. The van der Waals surface area contributed by atoms with Gasteiger partial charge in [0.15, 0.2) is 11.6 Å². The lowest BCUT2D eigenvalue weighted by atomic mass is 10.0. The predicted molar refractivity (Wildman–Crippen MR) is 116 cm³/mol. The zero-order valence-corrected chi connectivity index (χ0v) is 19.1. The number of amides is 1. The summed E-state index contributed by atoms with van der Waals surface area (Å²) in [5.41, 5.74) is 5.14. The molecular formula is C22H19ClF7N5O. The highest BCUT2D eigenvalue weighted by Gasteiger charge is 2.41. The molecule has 1 aliphatic heterocycles. The summed E-state index contributed by atoms with van der Waals surface area (Å²) in [6.45, 7) is -0.665. The van der Waals surface area contributed by atoms with E-state index >= 15 is 0 Å². The van der Waals surface area contributed by atoms with Gasteiger partial charge in [0, 0.05) is 37.8 Å². The number of carbonyl (C=O) groups excluding carboxylic acids is 1. The van der Waals surface area contributed by atoms with Crippen LogP contribution in [0.3, 0.4) is 0 Å². The van der Waals surface area contributed by atoms with Crippen LogP contribution in [0.25, 0.3) is 11.3 Å². The highest BCUT2D eigenvalue weighted by Crippen LogP contribution is 2.36. The molecule has 0 fully saturated rings. The van der Waals surface area contributed by atoms with Gasteiger partial charge in [-0.05, 0) is 30.2 Å². The van der Waals surface area contributed by atoms with Crippen molar-refractivity contribution in [1.82, 2.24) is 19.4 Å². The van der Waals surface area contributed by atoms with Crippen LogP contribution in [0.15, 0.2) is 30.5 Å². The molecule has 1 amide bonds. The third kappa shape index (κ3) is 5.46. The van der Waals surface area contributed by atoms with Gasteiger partial charge in [-0.15, -0.1) is 12.4 Å². The standard InChI is InChI=1S/C22H18F7N5O.ClH/c23-14-9-16(25)15(24)7-11(14)6-12(30)8-18(35)33-4-5-34-17(10-33)19(32-21(34)22(27,28)29)13-2-1-3-31-20(13)26;/h1-3,7,9,12H,4-6,8,10,30H2;1H. The molecule has 1 atom stereocenters. The average Bonchev–Trinajstić information content (AvgIpc) is 3.17. The zero-order chi connectivity index (χ0) is 25.5. The van der Waals surface area contributed by atoms with Gasteiger partial charge in [-0.25, -0.2) is 23.1 Å². The molecule has 0 saturated carbocycles. The number of imidazole rings is 1. The largest absolute Gasteiger partial charge is 0.449 e. The molecule has 4 rings (SSSR count). The third-order valence-corrected chi connectivity index (χ3v) is 5.64. The average molecular weight is 538 g/mol. The topological polar surface area (TPSA) is 77.0 Å². The summed E-state index contributed by atoms with van der Waals surface area (Å²) in [6.07, 6.45) is -4.28. The van der Waals surface area contributed by atoms with Gasteiger partial charge < -0.3 is 15.2 Å². The quantitative estimate of drug-likeness (QED) is 0.300. The molecule has 3 aromatic rings. The van der Waals surface area contributed by atoms with Crippen molar-refractivity contribution in [3.63, 3.8) is 0 Å². The number of carbonyl (C=O) groups is 1. The van der Waals surface area contributed by atoms with Crippen molar-refractivity contribution in [3.8, 4) is 11.3 Å². The highest BCUT2D eigenvalue weighted by atomic mass is 35.5. The number of hydrogen-bond acceptors (Lipinski definition) is 4. The minimum Gasteiger partial charge on any atom is -0.335 e. The summed E-state index contributed by atoms with van der Waals surface area (Å²) < 4.78 is 96.2. The van der Waals surface area contributed by atoms with Crippen LogP contribution >= 0.6 is 12.4 Å². The highest BCUT2D eigenvalue weighted by molar-refractivity contribution is 5.85. The smallest absolute Gasteiger partial charge is 0.335 e. The fourth-order valence-corrected chi connectivity index (χ4v) is 4.00. The number of benzene rings is 1. The van der Waals surface area contributed by atoms with E-state index in [1.165, 1.54) is 17.0 Å². The molecule has 3 heterocycles. The summed E-state index contributed by atoms with van der Waals surface area (Å²) in [5.74, 6) is -6.43. The molecule has 0 saturated heterocycles. The van der Waals surface area contributed by atoms with Crippen molar-refractivity contribution in [1.29, 1.82) is 0 Å². The Morgan fingerprint density at radius 1 is 1.08 bits per heavy atom. The first-order valence-corrected chi connectivity index (χ1v) is 10.4. The molecule has 1 aliphatic rings. The van der Waals surface area contributed by atoms with Crippen LogP contribution in [0, 0.1) is 23.4 Å². The fourth-order valence-electron chi connectivity index (χ4n) is 4.00. The van der Waals surface area contributed by atoms with Crippen LogP contribution < -0.4 is 5.73 Å². The zero-order valence-electron chi connectivity index (χ0n) is 18.3. The SMILES string of the molecule is Cl.NC(CC(=O)N1CCn2c(C(F)(F)F)nc(-c3cccnc3F)c2C1)Cc1cc(F)c(F)cc1F. The van der Waals surface area contributed by atoms with Gasteiger partial charge in [0.25, 0.3) is 0 Å². The molecule has 6 nitrogen and oxygen atoms in total. The van der Waals surface area contributed by atoms with E-state index in [2.05, 4.69) is 9.97 Å². The molecule has 1 aromatic carbocycles. The van der Waals surface area contributed by atoms with E-state index in [4.69, 9.17) is 5.73 Å². The molecule has 0 bridgehead atoms. The second-order valence-electron chi connectivity index (χ2n) is 8.06. The number of halogens is 8. The number of pyridine rings is 1. The first-order chi connectivity index (χ1) is 16.5. The van der Waals surface area contributed by atoms with E-state index in [9.17, 15) is 35.5 Å². The molecule has 36 heavy (non-hydrogen) atoms. The Hall–Kier alpha value is -3.19. The van der Waals surface area contributed by atoms with Crippen LogP contribution in [0.4, 0.5) is 30.7 Å². The molecule has 14 heteroatoms. The number of nitrogens with zero attached hydrogens (tertiary/aromatic N) is 4. The van der Waals surface area contributed by atoms with E-state index in [1.54, 1.807) is 0 Å². The van der Waals surface area contributed by atoms with E-state index < -0.39 is 47.3 Å². The second kappa shape index (κ2) is 10.4. The molecule has 2 aromatic heterocycles. The Kier molecular flexibility index (Phi) is 7.94. The van der Waals surface area contributed by atoms with E-state index in [0.717, 1.165) is 10.8 Å². The van der Waals surface area contributed by atoms with Crippen molar-refractivity contribution in [3.05, 3.63) is 70.9 Å². The fraction of sp³-hybridized carbons (Fsp3) is 0.318. The summed E-state index contributed by atoms with van der Waals surface area (Å²) in [5, 5.41) is 0. The number of rotatable bonds is 5. The van der Waals surface area contributed by atoms with Gasteiger partial charge >= 0.3 is 6.18 Å². The maximum Gasteiger partial charge on any atom is 0.449 e. The van der Waals surface area contributed by atoms with Crippen LogP contribution in [0.1, 0.15) is 23.5 Å².